The van der Waals surface area contributed by atoms with Crippen LogP contribution in [-0.2, 0) is 6.61 Å². The van der Waals surface area contributed by atoms with Gasteiger partial charge < -0.3 is 4.74 Å². The molecule has 0 aliphatic carbocycles. The summed E-state index contributed by atoms with van der Waals surface area (Å²) in [6.07, 6.45) is 6.71. The van der Waals surface area contributed by atoms with Gasteiger partial charge in [0, 0.05) is 22.7 Å². The lowest BCUT2D eigenvalue weighted by Crippen LogP contribution is -2.00. The molecular weight excluding hydrogens is 342 g/mol. The van der Waals surface area contributed by atoms with Crippen molar-refractivity contribution in [1.82, 2.24) is 4.98 Å². The van der Waals surface area contributed by atoms with Crippen molar-refractivity contribution in [3.8, 4) is 5.75 Å². The quantitative estimate of drug-likeness (QED) is 0.532. The van der Waals surface area contributed by atoms with Crippen molar-refractivity contribution in [2.24, 2.45) is 0 Å². The van der Waals surface area contributed by atoms with Gasteiger partial charge in [-0.25, -0.2) is 0 Å². The fraction of sp³-hybridized carbons (Fsp3) is 0.222. The highest BCUT2D eigenvalue weighted by Crippen LogP contribution is 2.23. The van der Waals surface area contributed by atoms with Crippen LogP contribution in [0.1, 0.15) is 35.0 Å². The molecule has 0 fully saturated rings. The van der Waals surface area contributed by atoms with Crippen LogP contribution in [0.15, 0.2) is 48.7 Å². The molecule has 0 aliphatic rings. The Morgan fingerprint density at radius 1 is 1.32 bits per heavy atom. The fourth-order valence-electron chi connectivity index (χ4n) is 1.94. The molecule has 22 heavy (non-hydrogen) atoms. The van der Waals surface area contributed by atoms with Crippen LogP contribution in [0.2, 0.25) is 0 Å². The van der Waals surface area contributed by atoms with E-state index in [0.29, 0.717) is 12.2 Å². The second-order valence-corrected chi connectivity index (χ2v) is 5.59. The number of nitrogens with zero attached hydrogens (tertiary/aromatic N) is 1. The minimum atomic E-state index is 0.0476. The molecule has 0 spiro atoms. The third-order valence-electron chi connectivity index (χ3n) is 3.09. The van der Waals surface area contributed by atoms with E-state index in [4.69, 9.17) is 4.74 Å². The van der Waals surface area contributed by atoms with Gasteiger partial charge in [0.25, 0.3) is 0 Å². The highest BCUT2D eigenvalue weighted by molar-refractivity contribution is 9.09. The molecule has 4 heteroatoms. The zero-order valence-corrected chi connectivity index (χ0v) is 14.0. The van der Waals surface area contributed by atoms with E-state index in [-0.39, 0.29) is 5.78 Å². The minimum absolute atomic E-state index is 0.0476. The van der Waals surface area contributed by atoms with Gasteiger partial charge in [-0.3, -0.25) is 9.78 Å². The van der Waals surface area contributed by atoms with E-state index in [1.807, 2.05) is 36.4 Å². The number of hydrogen-bond donors (Lipinski definition) is 0. The summed E-state index contributed by atoms with van der Waals surface area (Å²) in [6, 6.07) is 11.2. The van der Waals surface area contributed by atoms with Crippen molar-refractivity contribution in [2.45, 2.75) is 20.0 Å². The molecule has 0 amide bonds. The SMILES string of the molecule is CC(=O)c1ccc(OCc2ccccn2)c(/C=C/CCBr)c1. The summed E-state index contributed by atoms with van der Waals surface area (Å²) < 4.78 is 5.85. The van der Waals surface area contributed by atoms with Crippen molar-refractivity contribution in [3.63, 3.8) is 0 Å². The zero-order valence-electron chi connectivity index (χ0n) is 12.5. The highest BCUT2D eigenvalue weighted by Gasteiger charge is 2.06. The number of alkyl halides is 1. The first-order chi connectivity index (χ1) is 10.7. The second-order valence-electron chi connectivity index (χ2n) is 4.80. The highest BCUT2D eigenvalue weighted by atomic mass is 79.9. The molecule has 0 saturated carbocycles. The topological polar surface area (TPSA) is 39.2 Å². The molecule has 2 aromatic rings. The van der Waals surface area contributed by atoms with E-state index in [0.717, 1.165) is 28.8 Å². The van der Waals surface area contributed by atoms with Gasteiger partial charge in [-0.15, -0.1) is 0 Å². The molecular formula is C18H18BrNO2. The molecule has 0 unspecified atom stereocenters. The van der Waals surface area contributed by atoms with Crippen LogP contribution in [0.5, 0.6) is 5.75 Å². The Morgan fingerprint density at radius 2 is 2.18 bits per heavy atom. The lowest BCUT2D eigenvalue weighted by molar-refractivity contribution is 0.101. The Hall–Kier alpha value is -1.94. The van der Waals surface area contributed by atoms with Gasteiger partial charge in [-0.1, -0.05) is 34.1 Å². The number of Topliss-reactive ketones (excluding diaryl/α,β-unsaturated/α-hetero) is 1. The monoisotopic (exact) mass is 359 g/mol. The smallest absolute Gasteiger partial charge is 0.159 e. The molecule has 0 bridgehead atoms. The number of rotatable bonds is 7. The lowest BCUT2D eigenvalue weighted by atomic mass is 10.1. The van der Waals surface area contributed by atoms with Gasteiger partial charge in [0.2, 0.25) is 0 Å². The first kappa shape index (κ1) is 16.4. The van der Waals surface area contributed by atoms with Crippen molar-refractivity contribution in [2.75, 3.05) is 5.33 Å². The summed E-state index contributed by atoms with van der Waals surface area (Å²) in [5, 5.41) is 0.903. The number of carbonyl (C=O) groups is 1. The van der Waals surface area contributed by atoms with Crippen molar-refractivity contribution in [3.05, 3.63) is 65.5 Å². The van der Waals surface area contributed by atoms with E-state index < -0.39 is 0 Å². The van der Waals surface area contributed by atoms with Crippen molar-refractivity contribution < 1.29 is 9.53 Å². The average Bonchev–Trinajstić information content (AvgIpc) is 2.54. The van der Waals surface area contributed by atoms with Crippen LogP contribution >= 0.6 is 15.9 Å². The molecule has 114 valence electrons. The fourth-order valence-corrected chi connectivity index (χ4v) is 2.20. The molecule has 1 heterocycles. The van der Waals surface area contributed by atoms with E-state index in [1.165, 1.54) is 0 Å². The molecule has 0 N–H and O–H groups in total. The molecule has 0 atom stereocenters. The van der Waals surface area contributed by atoms with Gasteiger partial charge in [0.15, 0.2) is 5.78 Å². The van der Waals surface area contributed by atoms with E-state index >= 15 is 0 Å². The molecule has 1 aromatic carbocycles. The minimum Gasteiger partial charge on any atom is -0.487 e. The Kier molecular flexibility index (Phi) is 6.34. The van der Waals surface area contributed by atoms with Crippen LogP contribution in [0.4, 0.5) is 0 Å². The summed E-state index contributed by atoms with van der Waals surface area (Å²) in [5.74, 6) is 0.799. The molecule has 0 saturated heterocycles. The first-order valence-electron chi connectivity index (χ1n) is 7.11. The summed E-state index contributed by atoms with van der Waals surface area (Å²) in [5.41, 5.74) is 2.46. The molecule has 3 nitrogen and oxygen atoms in total. The second kappa shape index (κ2) is 8.49. The van der Waals surface area contributed by atoms with Crippen LogP contribution in [-0.4, -0.2) is 16.1 Å². The van der Waals surface area contributed by atoms with E-state index in [2.05, 4.69) is 27.0 Å². The van der Waals surface area contributed by atoms with Crippen LogP contribution < -0.4 is 4.74 Å². The number of carbonyl (C=O) groups excluding carboxylic acids is 1. The maximum Gasteiger partial charge on any atom is 0.159 e. The lowest BCUT2D eigenvalue weighted by Gasteiger charge is -2.10. The third-order valence-corrected chi connectivity index (χ3v) is 3.55. The maximum atomic E-state index is 11.5. The van der Waals surface area contributed by atoms with E-state index in [9.17, 15) is 4.79 Å². The van der Waals surface area contributed by atoms with Crippen molar-refractivity contribution in [1.29, 1.82) is 0 Å². The Balaban J connectivity index is 2.19. The maximum absolute atomic E-state index is 11.5. The van der Waals surface area contributed by atoms with Gasteiger partial charge in [-0.05, 0) is 43.7 Å². The predicted octanol–water partition coefficient (Wildman–Crippen LogP) is 4.66. The van der Waals surface area contributed by atoms with Gasteiger partial charge in [0.05, 0.1) is 5.69 Å². The number of halogens is 1. The Labute approximate surface area is 139 Å². The Bertz CT molecular complexity index is 653. The number of allylic oxidation sites excluding steroid dienone is 1. The molecule has 0 aliphatic heterocycles. The summed E-state index contributed by atoms with van der Waals surface area (Å²) in [6.45, 7) is 1.97. The van der Waals surface area contributed by atoms with Crippen LogP contribution in [0, 0.1) is 0 Å². The summed E-state index contributed by atoms with van der Waals surface area (Å²) in [4.78, 5) is 15.8. The van der Waals surface area contributed by atoms with Gasteiger partial charge in [-0.2, -0.15) is 0 Å². The predicted molar refractivity (Wildman–Crippen MR) is 92.5 cm³/mol. The van der Waals surface area contributed by atoms with Gasteiger partial charge >= 0.3 is 0 Å². The normalized spacial score (nSPS) is 10.8. The Morgan fingerprint density at radius 3 is 2.86 bits per heavy atom. The number of hydrogen-bond acceptors (Lipinski definition) is 3. The molecule has 0 radical (unpaired) electrons. The summed E-state index contributed by atoms with van der Waals surface area (Å²) >= 11 is 3.40. The summed E-state index contributed by atoms with van der Waals surface area (Å²) in [7, 11) is 0. The first-order valence-corrected chi connectivity index (χ1v) is 8.23. The zero-order chi connectivity index (χ0) is 15.8. The third kappa shape index (κ3) is 4.81. The number of benzene rings is 1. The number of ether oxygens (including phenoxy) is 1. The number of aromatic nitrogens is 1. The van der Waals surface area contributed by atoms with Gasteiger partial charge in [0.1, 0.15) is 12.4 Å². The average molecular weight is 360 g/mol. The number of pyridine rings is 1. The largest absolute Gasteiger partial charge is 0.487 e. The van der Waals surface area contributed by atoms with Crippen LogP contribution in [0.25, 0.3) is 6.08 Å². The molecule has 2 rings (SSSR count). The van der Waals surface area contributed by atoms with Crippen LogP contribution in [0.3, 0.4) is 0 Å². The van der Waals surface area contributed by atoms with Crippen molar-refractivity contribution >= 4 is 27.8 Å². The van der Waals surface area contributed by atoms with E-state index in [1.54, 1.807) is 19.2 Å². The molecule has 1 aromatic heterocycles. The number of ketones is 1. The standard InChI is InChI=1S/C18H18BrNO2/c1-14(21)15-8-9-18(16(12-15)6-2-4-10-19)22-13-17-7-3-5-11-20-17/h2-3,5-9,11-12H,4,10,13H2,1H3/b6-2+.